The van der Waals surface area contributed by atoms with Crippen molar-refractivity contribution in [1.29, 1.82) is 0 Å². The van der Waals surface area contributed by atoms with Gasteiger partial charge < -0.3 is 10.5 Å². The molecule has 1 aliphatic carbocycles. The molecule has 1 fully saturated rings. The van der Waals surface area contributed by atoms with Gasteiger partial charge in [-0.05, 0) is 31.9 Å². The van der Waals surface area contributed by atoms with E-state index in [1.807, 2.05) is 0 Å². The number of nitrogens with one attached hydrogen (secondary N) is 1. The van der Waals surface area contributed by atoms with Gasteiger partial charge in [-0.15, -0.1) is 0 Å². The van der Waals surface area contributed by atoms with Crippen molar-refractivity contribution in [1.82, 2.24) is 5.32 Å². The number of halogens is 2. The van der Waals surface area contributed by atoms with Gasteiger partial charge in [0.15, 0.2) is 11.6 Å². The van der Waals surface area contributed by atoms with E-state index in [-0.39, 0.29) is 18.4 Å². The van der Waals surface area contributed by atoms with Crippen molar-refractivity contribution in [2.75, 3.05) is 6.61 Å². The van der Waals surface area contributed by atoms with E-state index >= 15 is 0 Å². The van der Waals surface area contributed by atoms with Crippen LogP contribution in [0, 0.1) is 11.6 Å². The summed E-state index contributed by atoms with van der Waals surface area (Å²) in [6.45, 7) is 1.59. The lowest BCUT2D eigenvalue weighted by Crippen LogP contribution is -2.57. The summed E-state index contributed by atoms with van der Waals surface area (Å²) in [5, 5.41) is 3.10. The van der Waals surface area contributed by atoms with Crippen LogP contribution in [0.4, 0.5) is 8.78 Å². The Morgan fingerprint density at radius 1 is 1.47 bits per heavy atom. The third kappa shape index (κ3) is 3.41. The van der Waals surface area contributed by atoms with Crippen LogP contribution >= 0.6 is 0 Å². The number of carbonyl (C=O) groups excluding carboxylic acids is 1. The van der Waals surface area contributed by atoms with Crippen molar-refractivity contribution in [3.05, 3.63) is 29.8 Å². The van der Waals surface area contributed by atoms with Gasteiger partial charge in [-0.2, -0.15) is 0 Å². The fourth-order valence-corrected chi connectivity index (χ4v) is 1.66. The fourth-order valence-electron chi connectivity index (χ4n) is 1.66. The quantitative estimate of drug-likeness (QED) is 0.820. The Balaban J connectivity index is 2.01. The third-order valence-corrected chi connectivity index (χ3v) is 3.06. The SMILES string of the molecule is CC(COc1ccc(F)c(F)c1)(NC1CC1)C(N)=O. The zero-order chi connectivity index (χ0) is 14.0. The standard InChI is InChI=1S/C13H16F2N2O2/c1-13(12(16)18,17-8-2-3-8)7-19-9-4-5-10(14)11(15)6-9/h4-6,8,17H,2-3,7H2,1H3,(H2,16,18). The Labute approximate surface area is 109 Å². The first kappa shape index (κ1) is 13.7. The molecule has 0 spiro atoms. The molecule has 6 heteroatoms. The summed E-state index contributed by atoms with van der Waals surface area (Å²) in [6, 6.07) is 3.48. The van der Waals surface area contributed by atoms with Crippen LogP contribution in [0.25, 0.3) is 0 Å². The molecule has 0 aliphatic heterocycles. The number of nitrogens with two attached hydrogens (primary N) is 1. The van der Waals surface area contributed by atoms with E-state index in [4.69, 9.17) is 10.5 Å². The highest BCUT2D eigenvalue weighted by atomic mass is 19.2. The third-order valence-electron chi connectivity index (χ3n) is 3.06. The molecule has 3 N–H and O–H groups in total. The number of amides is 1. The maximum atomic E-state index is 13.0. The number of benzene rings is 1. The highest BCUT2D eigenvalue weighted by molar-refractivity contribution is 5.84. The summed E-state index contributed by atoms with van der Waals surface area (Å²) >= 11 is 0. The lowest BCUT2D eigenvalue weighted by molar-refractivity contribution is -0.125. The van der Waals surface area contributed by atoms with Crippen molar-refractivity contribution >= 4 is 5.91 Å². The minimum absolute atomic E-state index is 0.0378. The molecule has 0 saturated heterocycles. The van der Waals surface area contributed by atoms with Gasteiger partial charge in [0.25, 0.3) is 0 Å². The van der Waals surface area contributed by atoms with Crippen molar-refractivity contribution in [2.24, 2.45) is 5.73 Å². The second-order valence-corrected chi connectivity index (χ2v) is 4.98. The number of primary amides is 1. The molecule has 0 aromatic heterocycles. The monoisotopic (exact) mass is 270 g/mol. The van der Waals surface area contributed by atoms with E-state index < -0.39 is 23.1 Å². The Bertz CT molecular complexity index is 492. The Hall–Kier alpha value is -1.69. The second kappa shape index (κ2) is 5.13. The molecule has 4 nitrogen and oxygen atoms in total. The van der Waals surface area contributed by atoms with Crippen molar-refractivity contribution in [3.63, 3.8) is 0 Å². The van der Waals surface area contributed by atoms with Crippen molar-refractivity contribution in [3.8, 4) is 5.75 Å². The van der Waals surface area contributed by atoms with Gasteiger partial charge in [0, 0.05) is 12.1 Å². The van der Waals surface area contributed by atoms with Crippen LogP contribution in [0.15, 0.2) is 18.2 Å². The highest BCUT2D eigenvalue weighted by Crippen LogP contribution is 2.23. The molecule has 1 unspecified atom stereocenters. The topological polar surface area (TPSA) is 64.3 Å². The lowest BCUT2D eigenvalue weighted by atomic mass is 10.0. The van der Waals surface area contributed by atoms with Gasteiger partial charge in [0.1, 0.15) is 17.9 Å². The van der Waals surface area contributed by atoms with Gasteiger partial charge in [-0.3, -0.25) is 10.1 Å². The number of hydrogen-bond acceptors (Lipinski definition) is 3. The van der Waals surface area contributed by atoms with E-state index in [2.05, 4.69) is 5.32 Å². The zero-order valence-electron chi connectivity index (χ0n) is 10.6. The summed E-state index contributed by atoms with van der Waals surface area (Å²) in [6.07, 6.45) is 1.99. The molecule has 104 valence electrons. The predicted octanol–water partition coefficient (Wildman–Crippen LogP) is 1.34. The van der Waals surface area contributed by atoms with Crippen molar-refractivity contribution in [2.45, 2.75) is 31.3 Å². The zero-order valence-corrected chi connectivity index (χ0v) is 10.6. The maximum absolute atomic E-state index is 13.0. The van der Waals surface area contributed by atoms with Crippen LogP contribution < -0.4 is 15.8 Å². The normalized spacial score (nSPS) is 17.8. The molecule has 1 atom stereocenters. The van der Waals surface area contributed by atoms with Gasteiger partial charge >= 0.3 is 0 Å². The molecule has 1 aromatic rings. The smallest absolute Gasteiger partial charge is 0.240 e. The Morgan fingerprint density at radius 2 is 2.16 bits per heavy atom. The molecular weight excluding hydrogens is 254 g/mol. The number of carbonyl (C=O) groups is 1. The number of ether oxygens (including phenoxy) is 1. The minimum Gasteiger partial charge on any atom is -0.491 e. The fraction of sp³-hybridized carbons (Fsp3) is 0.462. The van der Waals surface area contributed by atoms with Gasteiger partial charge in [-0.25, -0.2) is 8.78 Å². The maximum Gasteiger partial charge on any atom is 0.240 e. The van der Waals surface area contributed by atoms with Gasteiger partial charge in [0.2, 0.25) is 5.91 Å². The molecule has 1 aliphatic rings. The van der Waals surface area contributed by atoms with Gasteiger partial charge in [0.05, 0.1) is 0 Å². The van der Waals surface area contributed by atoms with E-state index in [0.29, 0.717) is 0 Å². The highest BCUT2D eigenvalue weighted by Gasteiger charge is 2.37. The van der Waals surface area contributed by atoms with E-state index in [1.54, 1.807) is 6.92 Å². The average Bonchev–Trinajstić information content (AvgIpc) is 3.14. The largest absolute Gasteiger partial charge is 0.491 e. The second-order valence-electron chi connectivity index (χ2n) is 4.98. The molecule has 0 radical (unpaired) electrons. The van der Waals surface area contributed by atoms with E-state index in [1.165, 1.54) is 6.07 Å². The molecule has 19 heavy (non-hydrogen) atoms. The molecule has 1 aromatic carbocycles. The Kier molecular flexibility index (Phi) is 3.71. The first-order valence-electron chi connectivity index (χ1n) is 6.06. The van der Waals surface area contributed by atoms with Crippen LogP contribution in [-0.4, -0.2) is 24.1 Å². The Morgan fingerprint density at radius 3 is 2.68 bits per heavy atom. The predicted molar refractivity (Wildman–Crippen MR) is 65.6 cm³/mol. The van der Waals surface area contributed by atoms with Crippen LogP contribution in [0.5, 0.6) is 5.75 Å². The summed E-state index contributed by atoms with van der Waals surface area (Å²) in [5.41, 5.74) is 4.33. The number of hydrogen-bond donors (Lipinski definition) is 2. The van der Waals surface area contributed by atoms with Gasteiger partial charge in [-0.1, -0.05) is 0 Å². The van der Waals surface area contributed by atoms with E-state index in [0.717, 1.165) is 25.0 Å². The first-order chi connectivity index (χ1) is 8.90. The first-order valence-corrected chi connectivity index (χ1v) is 6.06. The molecular formula is C13H16F2N2O2. The van der Waals surface area contributed by atoms with Crippen LogP contribution in [0.3, 0.4) is 0 Å². The molecule has 0 heterocycles. The van der Waals surface area contributed by atoms with Crippen LogP contribution in [-0.2, 0) is 4.79 Å². The average molecular weight is 270 g/mol. The number of rotatable bonds is 6. The van der Waals surface area contributed by atoms with Crippen LogP contribution in [0.1, 0.15) is 19.8 Å². The summed E-state index contributed by atoms with van der Waals surface area (Å²) in [4.78, 5) is 11.5. The molecule has 1 amide bonds. The molecule has 1 saturated carbocycles. The molecule has 0 bridgehead atoms. The summed E-state index contributed by atoms with van der Waals surface area (Å²) in [7, 11) is 0. The van der Waals surface area contributed by atoms with E-state index in [9.17, 15) is 13.6 Å². The molecule has 2 rings (SSSR count). The minimum atomic E-state index is -1.02. The van der Waals surface area contributed by atoms with Crippen LogP contribution in [0.2, 0.25) is 0 Å². The summed E-state index contributed by atoms with van der Waals surface area (Å²) < 4.78 is 31.1. The summed E-state index contributed by atoms with van der Waals surface area (Å²) in [5.74, 6) is -2.32. The lowest BCUT2D eigenvalue weighted by Gasteiger charge is -2.27. The van der Waals surface area contributed by atoms with Crippen molar-refractivity contribution < 1.29 is 18.3 Å².